The molecule has 0 bridgehead atoms. The average molecular weight is 382 g/mol. The summed E-state index contributed by atoms with van der Waals surface area (Å²) in [6.45, 7) is 2.20. The lowest BCUT2D eigenvalue weighted by atomic mass is 10.2. The normalized spacial score (nSPS) is 10.2. The van der Waals surface area contributed by atoms with E-state index in [1.165, 1.54) is 0 Å². The standard InChI is InChI=1S/C18H17Cl2NO4/c1-2-24-15-7-4-12(5-8-15)18(23)21-10-17(22)25-11-13-3-6-14(19)9-16(13)20/h3-9H,2,10-11H2,1H3,(H,21,23). The molecule has 0 aliphatic heterocycles. The van der Waals surface area contributed by atoms with E-state index in [1.54, 1.807) is 42.5 Å². The molecule has 25 heavy (non-hydrogen) atoms. The van der Waals surface area contributed by atoms with Crippen LogP contribution in [0.3, 0.4) is 0 Å². The van der Waals surface area contributed by atoms with Gasteiger partial charge in [0.1, 0.15) is 18.9 Å². The highest BCUT2D eigenvalue weighted by Gasteiger charge is 2.10. The lowest BCUT2D eigenvalue weighted by molar-refractivity contribution is -0.143. The van der Waals surface area contributed by atoms with Gasteiger partial charge in [-0.3, -0.25) is 9.59 Å². The molecule has 0 saturated heterocycles. The van der Waals surface area contributed by atoms with Crippen LogP contribution in [0, 0.1) is 0 Å². The Hall–Kier alpha value is -2.24. The Labute approximate surface area is 155 Å². The molecule has 1 N–H and O–H groups in total. The van der Waals surface area contributed by atoms with Crippen molar-refractivity contribution in [1.29, 1.82) is 0 Å². The third kappa shape index (κ3) is 5.96. The van der Waals surface area contributed by atoms with Crippen LogP contribution >= 0.6 is 23.2 Å². The van der Waals surface area contributed by atoms with Crippen LogP contribution in [-0.2, 0) is 16.1 Å². The summed E-state index contributed by atoms with van der Waals surface area (Å²) in [5, 5.41) is 3.42. The third-order valence-electron chi connectivity index (χ3n) is 3.22. The summed E-state index contributed by atoms with van der Waals surface area (Å²) in [6.07, 6.45) is 0. The molecule has 2 aromatic rings. The van der Waals surface area contributed by atoms with Crippen molar-refractivity contribution in [3.63, 3.8) is 0 Å². The van der Waals surface area contributed by atoms with E-state index in [4.69, 9.17) is 32.7 Å². The number of rotatable bonds is 7. The maximum absolute atomic E-state index is 12.0. The first-order valence-corrected chi connectivity index (χ1v) is 8.35. The Kier molecular flexibility index (Phi) is 7.10. The fourth-order valence-electron chi connectivity index (χ4n) is 1.97. The van der Waals surface area contributed by atoms with Gasteiger partial charge in [0.2, 0.25) is 0 Å². The van der Waals surface area contributed by atoms with E-state index >= 15 is 0 Å². The number of ether oxygens (including phenoxy) is 2. The van der Waals surface area contributed by atoms with Gasteiger partial charge in [-0.05, 0) is 43.3 Å². The number of amides is 1. The van der Waals surface area contributed by atoms with Gasteiger partial charge in [0, 0.05) is 21.2 Å². The molecule has 0 saturated carbocycles. The van der Waals surface area contributed by atoms with Crippen molar-refractivity contribution in [3.05, 3.63) is 63.6 Å². The zero-order valence-electron chi connectivity index (χ0n) is 13.6. The molecule has 0 aromatic heterocycles. The lowest BCUT2D eigenvalue weighted by Crippen LogP contribution is -2.30. The van der Waals surface area contributed by atoms with Gasteiger partial charge in [-0.25, -0.2) is 0 Å². The van der Waals surface area contributed by atoms with Gasteiger partial charge in [0.05, 0.1) is 6.61 Å². The number of esters is 1. The second-order valence-corrected chi connectivity index (χ2v) is 5.88. The van der Waals surface area contributed by atoms with Crippen LogP contribution < -0.4 is 10.1 Å². The number of benzene rings is 2. The molecule has 0 unspecified atom stereocenters. The van der Waals surface area contributed by atoms with Gasteiger partial charge in [0.25, 0.3) is 5.91 Å². The van der Waals surface area contributed by atoms with Crippen LogP contribution in [0.2, 0.25) is 10.0 Å². The molecular weight excluding hydrogens is 365 g/mol. The predicted molar refractivity (Wildman–Crippen MR) is 96.2 cm³/mol. The number of carbonyl (C=O) groups excluding carboxylic acids is 2. The van der Waals surface area contributed by atoms with Crippen molar-refractivity contribution < 1.29 is 19.1 Å². The van der Waals surface area contributed by atoms with Crippen LogP contribution in [0.1, 0.15) is 22.8 Å². The largest absolute Gasteiger partial charge is 0.494 e. The fraction of sp³-hybridized carbons (Fsp3) is 0.222. The van der Waals surface area contributed by atoms with Gasteiger partial charge in [0.15, 0.2) is 0 Å². The van der Waals surface area contributed by atoms with Crippen LogP contribution in [0.5, 0.6) is 5.75 Å². The number of carbonyl (C=O) groups is 2. The topological polar surface area (TPSA) is 64.6 Å². The Morgan fingerprint density at radius 3 is 2.44 bits per heavy atom. The van der Waals surface area contributed by atoms with Crippen molar-refractivity contribution in [1.82, 2.24) is 5.32 Å². The maximum atomic E-state index is 12.0. The molecule has 0 radical (unpaired) electrons. The summed E-state index contributed by atoms with van der Waals surface area (Å²) < 4.78 is 10.4. The van der Waals surface area contributed by atoms with Crippen molar-refractivity contribution in [3.8, 4) is 5.75 Å². The Bertz CT molecular complexity index is 747. The zero-order chi connectivity index (χ0) is 18.2. The van der Waals surface area contributed by atoms with Crippen LogP contribution in [0.25, 0.3) is 0 Å². The third-order valence-corrected chi connectivity index (χ3v) is 3.81. The predicted octanol–water partition coefficient (Wildman–Crippen LogP) is 3.87. The number of hydrogen-bond donors (Lipinski definition) is 1. The number of hydrogen-bond acceptors (Lipinski definition) is 4. The Morgan fingerprint density at radius 2 is 1.80 bits per heavy atom. The smallest absolute Gasteiger partial charge is 0.325 e. The van der Waals surface area contributed by atoms with E-state index in [-0.39, 0.29) is 19.1 Å². The maximum Gasteiger partial charge on any atom is 0.325 e. The van der Waals surface area contributed by atoms with Gasteiger partial charge < -0.3 is 14.8 Å². The summed E-state index contributed by atoms with van der Waals surface area (Å²) in [7, 11) is 0. The molecule has 0 aliphatic carbocycles. The summed E-state index contributed by atoms with van der Waals surface area (Å²) in [6, 6.07) is 11.5. The number of nitrogens with one attached hydrogen (secondary N) is 1. The molecule has 132 valence electrons. The van der Waals surface area contributed by atoms with Crippen LogP contribution in [0.15, 0.2) is 42.5 Å². The monoisotopic (exact) mass is 381 g/mol. The van der Waals surface area contributed by atoms with Crippen molar-refractivity contribution in [2.75, 3.05) is 13.2 Å². The van der Waals surface area contributed by atoms with E-state index in [1.807, 2.05) is 6.92 Å². The highest BCUT2D eigenvalue weighted by molar-refractivity contribution is 6.35. The highest BCUT2D eigenvalue weighted by atomic mass is 35.5. The Morgan fingerprint density at radius 1 is 1.08 bits per heavy atom. The molecule has 2 rings (SSSR count). The van der Waals surface area contributed by atoms with Gasteiger partial charge in [-0.2, -0.15) is 0 Å². The molecule has 0 aliphatic rings. The van der Waals surface area contributed by atoms with Gasteiger partial charge in [-0.15, -0.1) is 0 Å². The molecule has 0 atom stereocenters. The molecule has 7 heteroatoms. The molecular formula is C18H17Cl2NO4. The van der Waals surface area contributed by atoms with Crippen LogP contribution in [0.4, 0.5) is 0 Å². The molecule has 1 amide bonds. The molecule has 5 nitrogen and oxygen atoms in total. The van der Waals surface area contributed by atoms with Crippen molar-refractivity contribution in [2.24, 2.45) is 0 Å². The van der Waals surface area contributed by atoms with Crippen LogP contribution in [-0.4, -0.2) is 25.0 Å². The summed E-state index contributed by atoms with van der Waals surface area (Å²) >= 11 is 11.8. The minimum Gasteiger partial charge on any atom is -0.494 e. The average Bonchev–Trinajstić information content (AvgIpc) is 2.60. The second-order valence-electron chi connectivity index (χ2n) is 5.04. The minimum atomic E-state index is -0.565. The van der Waals surface area contributed by atoms with Gasteiger partial charge >= 0.3 is 5.97 Å². The van der Waals surface area contributed by atoms with E-state index in [2.05, 4.69) is 5.32 Å². The first kappa shape index (κ1) is 19.1. The Balaban J connectivity index is 1.79. The van der Waals surface area contributed by atoms with Gasteiger partial charge in [-0.1, -0.05) is 29.3 Å². The summed E-state index contributed by atoms with van der Waals surface area (Å²) in [5.41, 5.74) is 1.06. The second kappa shape index (κ2) is 9.30. The molecule has 0 heterocycles. The van der Waals surface area contributed by atoms with E-state index in [0.717, 1.165) is 0 Å². The van der Waals surface area contributed by atoms with Crippen molar-refractivity contribution >= 4 is 35.1 Å². The fourth-order valence-corrected chi connectivity index (χ4v) is 2.43. The minimum absolute atomic E-state index is 0.00770. The lowest BCUT2D eigenvalue weighted by Gasteiger charge is -2.08. The first-order chi connectivity index (χ1) is 12.0. The molecule has 0 spiro atoms. The highest BCUT2D eigenvalue weighted by Crippen LogP contribution is 2.21. The molecule has 2 aromatic carbocycles. The SMILES string of the molecule is CCOc1ccc(C(=O)NCC(=O)OCc2ccc(Cl)cc2Cl)cc1. The van der Waals surface area contributed by atoms with E-state index in [0.29, 0.717) is 33.5 Å². The quantitative estimate of drug-likeness (QED) is 0.739. The van der Waals surface area contributed by atoms with Crippen molar-refractivity contribution in [2.45, 2.75) is 13.5 Å². The first-order valence-electron chi connectivity index (χ1n) is 7.60. The summed E-state index contributed by atoms with van der Waals surface area (Å²) in [4.78, 5) is 23.7. The summed E-state index contributed by atoms with van der Waals surface area (Å²) in [5.74, 6) is -0.256. The molecule has 0 fully saturated rings. The number of halogens is 2. The zero-order valence-corrected chi connectivity index (χ0v) is 15.1. The van der Waals surface area contributed by atoms with E-state index < -0.39 is 5.97 Å². The van der Waals surface area contributed by atoms with E-state index in [9.17, 15) is 9.59 Å².